The van der Waals surface area contributed by atoms with E-state index in [4.69, 9.17) is 15.2 Å². The summed E-state index contributed by atoms with van der Waals surface area (Å²) in [5, 5.41) is 50.1. The van der Waals surface area contributed by atoms with E-state index in [1.54, 1.807) is 6.07 Å². The summed E-state index contributed by atoms with van der Waals surface area (Å²) in [6.45, 7) is 0.711. The van der Waals surface area contributed by atoms with Gasteiger partial charge in [-0.05, 0) is 89.8 Å². The molecule has 0 saturated heterocycles. The number of benzene rings is 2. The molecule has 5 heterocycles. The molecule has 2 aromatic heterocycles. The molecule has 2 fully saturated rings. The number of fused-ring (bicyclic) bond motifs is 6. The van der Waals surface area contributed by atoms with Crippen LogP contribution in [0.4, 0.5) is 0 Å². The van der Waals surface area contributed by atoms with Crippen molar-refractivity contribution in [3.63, 3.8) is 0 Å². The van der Waals surface area contributed by atoms with E-state index in [-0.39, 0.29) is 54.5 Å². The van der Waals surface area contributed by atoms with Crippen LogP contribution in [-0.4, -0.2) is 54.5 Å². The predicted molar refractivity (Wildman–Crippen MR) is 237 cm³/mol. The molecule has 11 nitrogen and oxygen atoms in total. The normalized spacial score (nSPS) is 30.4. The van der Waals surface area contributed by atoms with Gasteiger partial charge in [0, 0.05) is 67.2 Å². The number of rotatable bonds is 7. The number of aromatic amines is 1. The van der Waals surface area contributed by atoms with Gasteiger partial charge < -0.3 is 45.2 Å². The number of aromatic hydroxyl groups is 1. The second kappa shape index (κ2) is 16.1. The zero-order valence-electron chi connectivity index (χ0n) is 35.4. The molecule has 7 aliphatic rings. The van der Waals surface area contributed by atoms with Gasteiger partial charge in [-0.15, -0.1) is 0 Å². The molecule has 3 aliphatic heterocycles. The highest BCUT2D eigenvalue weighted by atomic mass is 16.5. The first-order valence-corrected chi connectivity index (χ1v) is 23.1. The number of Topliss-reactive ketones (excluding diaryl/α,β-unsaturated/α-hetero) is 1. The number of phenols is 1. The van der Waals surface area contributed by atoms with E-state index in [1.807, 2.05) is 18.2 Å². The Hall–Kier alpha value is -5.27. The number of phenolic OH excluding ortho intramolecular Hbond substituents is 1. The van der Waals surface area contributed by atoms with Crippen LogP contribution in [0.1, 0.15) is 134 Å². The predicted octanol–water partition coefficient (Wildman–Crippen LogP) is 7.17. The number of aryl methyl sites for hydroxylation is 1. The third kappa shape index (κ3) is 7.10. The van der Waals surface area contributed by atoms with E-state index in [0.29, 0.717) is 36.1 Å². The fourth-order valence-corrected chi connectivity index (χ4v) is 12.2. The van der Waals surface area contributed by atoms with E-state index in [0.717, 1.165) is 64.4 Å². The highest BCUT2D eigenvalue weighted by Gasteiger charge is 2.47. The average molecular weight is 849 g/mol. The lowest BCUT2D eigenvalue weighted by Crippen LogP contribution is -2.39. The number of aliphatic hydroxyl groups excluding tert-OH is 3. The Bertz CT molecular complexity index is 2640. The van der Waals surface area contributed by atoms with Crippen LogP contribution < -0.4 is 20.5 Å². The maximum atomic E-state index is 13.4. The molecule has 2 bridgehead atoms. The van der Waals surface area contributed by atoms with E-state index >= 15 is 0 Å². The molecule has 63 heavy (non-hydrogen) atoms. The molecular weight excluding hydrogens is 793 g/mol. The third-order valence-electron chi connectivity index (χ3n) is 15.6. The van der Waals surface area contributed by atoms with Gasteiger partial charge in [-0.3, -0.25) is 10.1 Å². The molecule has 2 aromatic carbocycles. The molecule has 0 amide bonds. The summed E-state index contributed by atoms with van der Waals surface area (Å²) in [4.78, 5) is 16.9. The van der Waals surface area contributed by atoms with Crippen LogP contribution in [0, 0.1) is 53.0 Å². The average Bonchev–Trinajstić information content (AvgIpc) is 4.11. The van der Waals surface area contributed by atoms with Crippen LogP contribution in [0.5, 0.6) is 17.2 Å². The molecule has 0 unspecified atom stereocenters. The Morgan fingerprint density at radius 1 is 0.968 bits per heavy atom. The lowest BCUT2D eigenvalue weighted by Gasteiger charge is -2.37. The summed E-state index contributed by atoms with van der Waals surface area (Å²) in [5.74, 6) is 10.6. The van der Waals surface area contributed by atoms with Gasteiger partial charge in [-0.25, -0.2) is 0 Å². The minimum absolute atomic E-state index is 0.0524. The number of allylic oxidation sites excluding steroid dienone is 2. The van der Waals surface area contributed by atoms with Crippen molar-refractivity contribution in [3.05, 3.63) is 101 Å². The van der Waals surface area contributed by atoms with Crippen molar-refractivity contribution in [2.45, 2.75) is 120 Å². The molecule has 0 radical (unpaired) electrons. The van der Waals surface area contributed by atoms with Gasteiger partial charge in [0.05, 0.1) is 35.2 Å². The number of ether oxygens (including phenoxy) is 2. The van der Waals surface area contributed by atoms with Gasteiger partial charge in [0.1, 0.15) is 23.7 Å². The van der Waals surface area contributed by atoms with E-state index in [9.17, 15) is 25.2 Å². The van der Waals surface area contributed by atoms with Crippen LogP contribution in [-0.2, 0) is 11.2 Å². The number of nitrogens with one attached hydrogen (secondary N) is 2. The molecule has 4 aromatic rings. The standard InChI is InChI=1S/C52H56N4O7/c53-50-37-14-13-36-42(58)16-15-40-51(56-27-39-38(26-54-41(39)28-56)34-11-9-32(25-55-50)48(37)49(34)36)63-47-22-31(43(59)24-46(47)62-20-19-52(40)17-3-4-18-52)7-10-33(57)23-45(61)35-12-8-30(21-44(35)60)29-5-1-2-6-29/h8-9,11-14,22,24,26-30,32,34-35,40,42,44-45,50-51,54-55,58-61H,1-7,10,17-18,21,23,25,53H2/t30-,32-,34+,35-,40-,42+,44+,45-,50+,51+/m0/s1. The zero-order valence-corrected chi connectivity index (χ0v) is 35.4. The largest absolute Gasteiger partial charge is 0.508 e. The minimum atomic E-state index is -1.09. The summed E-state index contributed by atoms with van der Waals surface area (Å²) >= 11 is 0. The first-order chi connectivity index (χ1) is 30.6. The van der Waals surface area contributed by atoms with Crippen LogP contribution in [0.3, 0.4) is 0 Å². The molecule has 8 N–H and O–H groups in total. The van der Waals surface area contributed by atoms with Crippen LogP contribution in [0.25, 0.3) is 10.9 Å². The SMILES string of the molecule is N[C@@H]1NC[C@@H]2C=C[C@H]3c4c(ccc1c42)[C@H](O)C#C[C@H]1[C@@H](Oc2cc(CCC(=O)C[C@H](O)[C@H]4C=C[C@H](C5CCCC5)C[C@H]4O)c(O)cc2OC#CC12CCCC2)n1cc2[nH]cc3c2c1. The highest BCUT2D eigenvalue weighted by molar-refractivity contribution is 5.85. The van der Waals surface area contributed by atoms with Gasteiger partial charge >= 0.3 is 0 Å². The van der Waals surface area contributed by atoms with Gasteiger partial charge in [0.25, 0.3) is 0 Å². The smallest absolute Gasteiger partial charge is 0.191 e. The monoisotopic (exact) mass is 848 g/mol. The van der Waals surface area contributed by atoms with Crippen molar-refractivity contribution < 1.29 is 34.7 Å². The number of aliphatic hydroxyl groups is 3. The van der Waals surface area contributed by atoms with Crippen LogP contribution >= 0.6 is 0 Å². The molecule has 326 valence electrons. The summed E-state index contributed by atoms with van der Waals surface area (Å²) in [7, 11) is 0. The van der Waals surface area contributed by atoms with Crippen molar-refractivity contribution in [1.82, 2.24) is 14.9 Å². The number of hydrogen-bond acceptors (Lipinski definition) is 9. The number of nitrogens with zero attached hydrogens (tertiary/aromatic N) is 1. The number of carbonyl (C=O) groups is 1. The number of ketones is 1. The summed E-state index contributed by atoms with van der Waals surface area (Å²) in [6.07, 6.45) is 23.0. The molecule has 10 atom stereocenters. The quantitative estimate of drug-likeness (QED) is 0.0751. The van der Waals surface area contributed by atoms with Crippen molar-refractivity contribution in [2.24, 2.45) is 34.8 Å². The van der Waals surface area contributed by atoms with Gasteiger partial charge in [-0.1, -0.05) is 79.9 Å². The van der Waals surface area contributed by atoms with Crippen LogP contribution in [0.15, 0.2) is 67.2 Å². The van der Waals surface area contributed by atoms with Gasteiger partial charge in [-0.2, -0.15) is 0 Å². The molecular formula is C52H56N4O7. The van der Waals surface area contributed by atoms with Gasteiger partial charge in [0.15, 0.2) is 17.7 Å². The zero-order chi connectivity index (χ0) is 43.0. The fourth-order valence-electron chi connectivity index (χ4n) is 12.2. The molecule has 11 rings (SSSR count). The molecule has 4 aliphatic carbocycles. The lowest BCUT2D eigenvalue weighted by atomic mass is 9.71. The number of aromatic nitrogens is 2. The van der Waals surface area contributed by atoms with E-state index < -0.39 is 41.8 Å². The van der Waals surface area contributed by atoms with Crippen molar-refractivity contribution in [2.75, 3.05) is 6.54 Å². The summed E-state index contributed by atoms with van der Waals surface area (Å²) < 4.78 is 15.3. The fraction of sp³-hybridized carbons (Fsp3) is 0.481. The first kappa shape index (κ1) is 40.5. The van der Waals surface area contributed by atoms with Crippen LogP contribution in [0.2, 0.25) is 0 Å². The molecule has 1 spiro atoms. The summed E-state index contributed by atoms with van der Waals surface area (Å²) in [5.41, 5.74) is 12.5. The first-order valence-electron chi connectivity index (χ1n) is 23.1. The Morgan fingerprint density at radius 2 is 1.79 bits per heavy atom. The van der Waals surface area contributed by atoms with Gasteiger partial charge in [0.2, 0.25) is 0 Å². The number of carbonyl (C=O) groups excluding carboxylic acids is 1. The third-order valence-corrected chi connectivity index (χ3v) is 15.6. The second-order valence-electron chi connectivity index (χ2n) is 19.3. The maximum absolute atomic E-state index is 13.4. The number of nitrogens with two attached hydrogens (primary N) is 1. The molecule has 2 saturated carbocycles. The Labute approximate surface area is 367 Å². The van der Waals surface area contributed by atoms with E-state index in [1.165, 1.54) is 31.7 Å². The summed E-state index contributed by atoms with van der Waals surface area (Å²) in [6, 6.07) is 7.23. The van der Waals surface area contributed by atoms with E-state index in [2.05, 4.69) is 75.6 Å². The van der Waals surface area contributed by atoms with Crippen molar-refractivity contribution in [3.8, 4) is 41.1 Å². The number of H-pyrrole nitrogens is 1. The Balaban J connectivity index is 0.921. The topological polar surface area (TPSA) is 175 Å². The lowest BCUT2D eigenvalue weighted by molar-refractivity contribution is -0.122. The van der Waals surface area contributed by atoms with Crippen molar-refractivity contribution in [1.29, 1.82) is 0 Å². The molecule has 11 heteroatoms. The number of hydrogen-bond donors (Lipinski definition) is 7. The minimum Gasteiger partial charge on any atom is -0.508 e. The second-order valence-corrected chi connectivity index (χ2v) is 19.3. The maximum Gasteiger partial charge on any atom is 0.191 e. The Kier molecular flexibility index (Phi) is 10.3. The Morgan fingerprint density at radius 3 is 2.62 bits per heavy atom. The highest BCUT2D eigenvalue weighted by Crippen LogP contribution is 2.52. The van der Waals surface area contributed by atoms with Crippen molar-refractivity contribution >= 4 is 16.7 Å².